The Kier molecular flexibility index (Phi) is 6.85. The first-order valence-corrected chi connectivity index (χ1v) is 11.0. The van der Waals surface area contributed by atoms with Crippen molar-refractivity contribution in [2.45, 2.75) is 37.6 Å². The highest BCUT2D eigenvalue weighted by molar-refractivity contribution is 5.79. The van der Waals surface area contributed by atoms with Gasteiger partial charge in [0.15, 0.2) is 0 Å². The van der Waals surface area contributed by atoms with Gasteiger partial charge < -0.3 is 15.2 Å². The molecule has 1 unspecified atom stereocenters. The zero-order valence-corrected chi connectivity index (χ0v) is 17.9. The number of carboxylic acids is 1. The molecule has 164 valence electrons. The molecule has 0 saturated carbocycles. The molecule has 3 aromatic rings. The molecule has 0 aromatic heterocycles. The van der Waals surface area contributed by atoms with Gasteiger partial charge >= 0.3 is 12.1 Å². The van der Waals surface area contributed by atoms with Gasteiger partial charge in [0.1, 0.15) is 6.61 Å². The molecule has 0 fully saturated rings. The van der Waals surface area contributed by atoms with Crippen LogP contribution in [0.5, 0.6) is 0 Å². The molecule has 0 heterocycles. The number of carbonyl (C=O) groups excluding carboxylic acids is 1. The zero-order valence-electron chi connectivity index (χ0n) is 17.9. The smallest absolute Gasteiger partial charge is 0.407 e. The second-order valence-corrected chi connectivity index (χ2v) is 8.07. The average Bonchev–Trinajstić information content (AvgIpc) is 3.14. The monoisotopic (exact) mass is 429 g/mol. The normalized spacial score (nSPS) is 13.1. The van der Waals surface area contributed by atoms with Crippen LogP contribution in [0.25, 0.3) is 11.1 Å². The number of amides is 1. The number of aliphatic carboxylic acids is 1. The molecule has 1 aliphatic carbocycles. The summed E-state index contributed by atoms with van der Waals surface area (Å²) in [6.45, 7) is 0.264. The highest BCUT2D eigenvalue weighted by Gasteiger charge is 2.29. The molecule has 4 rings (SSSR count). The van der Waals surface area contributed by atoms with Gasteiger partial charge in [-0.1, -0.05) is 85.3 Å². The van der Waals surface area contributed by atoms with Crippen molar-refractivity contribution in [3.63, 3.8) is 0 Å². The molecule has 0 spiro atoms. The molecule has 5 nitrogen and oxygen atoms in total. The number of unbranched alkanes of at least 4 members (excludes halogenated alkanes) is 1. The van der Waals surface area contributed by atoms with Crippen molar-refractivity contribution < 1.29 is 19.4 Å². The third kappa shape index (κ3) is 4.99. The molecule has 1 atom stereocenters. The van der Waals surface area contributed by atoms with Crippen LogP contribution in [0.2, 0.25) is 0 Å². The lowest BCUT2D eigenvalue weighted by Crippen LogP contribution is -2.30. The number of hydrogen-bond acceptors (Lipinski definition) is 3. The Morgan fingerprint density at radius 1 is 0.844 bits per heavy atom. The van der Waals surface area contributed by atoms with Gasteiger partial charge in [0.05, 0.1) is 6.04 Å². The second-order valence-electron chi connectivity index (χ2n) is 8.07. The standard InChI is InChI=1S/C27H27NO4/c29-26(30)17-9-8-16-25(19-10-2-1-3-11-19)28-27(31)32-18-24-22-14-6-4-12-20(22)21-13-5-7-15-23(21)24/h1-7,10-15,24-25H,8-9,16-18H2,(H,28,31)(H,29,30). The maximum absolute atomic E-state index is 12.7. The van der Waals surface area contributed by atoms with E-state index in [0.29, 0.717) is 19.3 Å². The van der Waals surface area contributed by atoms with Gasteiger partial charge in [-0.05, 0) is 40.7 Å². The summed E-state index contributed by atoms with van der Waals surface area (Å²) >= 11 is 0. The van der Waals surface area contributed by atoms with Crippen LogP contribution in [-0.4, -0.2) is 23.8 Å². The van der Waals surface area contributed by atoms with E-state index in [1.54, 1.807) is 0 Å². The van der Waals surface area contributed by atoms with Crippen LogP contribution in [0.4, 0.5) is 4.79 Å². The third-order valence-electron chi connectivity index (χ3n) is 5.97. The number of ether oxygens (including phenoxy) is 1. The fourth-order valence-corrected chi connectivity index (χ4v) is 4.41. The number of benzene rings is 3. The summed E-state index contributed by atoms with van der Waals surface area (Å²) < 4.78 is 5.69. The predicted octanol–water partition coefficient (Wildman–Crippen LogP) is 5.91. The predicted molar refractivity (Wildman–Crippen MR) is 123 cm³/mol. The van der Waals surface area contributed by atoms with Crippen LogP contribution in [-0.2, 0) is 9.53 Å². The van der Waals surface area contributed by atoms with Gasteiger partial charge in [0, 0.05) is 12.3 Å². The minimum absolute atomic E-state index is 0.0129. The van der Waals surface area contributed by atoms with Gasteiger partial charge in [-0.2, -0.15) is 0 Å². The second kappa shape index (κ2) is 10.1. The number of rotatable bonds is 9. The Labute approximate surface area is 188 Å². The molecule has 0 saturated heterocycles. The maximum Gasteiger partial charge on any atom is 0.407 e. The van der Waals surface area contributed by atoms with Crippen LogP contribution in [0.3, 0.4) is 0 Å². The van der Waals surface area contributed by atoms with Crippen molar-refractivity contribution in [2.24, 2.45) is 0 Å². The van der Waals surface area contributed by atoms with Crippen LogP contribution in [0.1, 0.15) is 54.3 Å². The van der Waals surface area contributed by atoms with Crippen molar-refractivity contribution in [1.29, 1.82) is 0 Å². The van der Waals surface area contributed by atoms with Gasteiger partial charge in [-0.25, -0.2) is 4.79 Å². The van der Waals surface area contributed by atoms with E-state index >= 15 is 0 Å². The summed E-state index contributed by atoms with van der Waals surface area (Å²) in [5, 5.41) is 11.8. The first-order chi connectivity index (χ1) is 15.6. The zero-order chi connectivity index (χ0) is 22.3. The fraction of sp³-hybridized carbons (Fsp3) is 0.259. The number of fused-ring (bicyclic) bond motifs is 3. The Bertz CT molecular complexity index is 1030. The SMILES string of the molecule is O=C(O)CCCCC(NC(=O)OCC1c2ccccc2-c2ccccc21)c1ccccc1. The van der Waals surface area contributed by atoms with Crippen LogP contribution >= 0.6 is 0 Å². The van der Waals surface area contributed by atoms with Crippen molar-refractivity contribution in [1.82, 2.24) is 5.32 Å². The highest BCUT2D eigenvalue weighted by atomic mass is 16.5. The molecular formula is C27H27NO4. The molecule has 32 heavy (non-hydrogen) atoms. The Morgan fingerprint density at radius 3 is 2.06 bits per heavy atom. The van der Waals surface area contributed by atoms with Gasteiger partial charge in [-0.3, -0.25) is 4.79 Å². The molecular weight excluding hydrogens is 402 g/mol. The van der Waals surface area contributed by atoms with E-state index in [1.807, 2.05) is 54.6 Å². The highest BCUT2D eigenvalue weighted by Crippen LogP contribution is 2.44. The van der Waals surface area contributed by atoms with Crippen molar-refractivity contribution in [3.05, 3.63) is 95.6 Å². The lowest BCUT2D eigenvalue weighted by molar-refractivity contribution is -0.137. The molecule has 0 bridgehead atoms. The summed E-state index contributed by atoms with van der Waals surface area (Å²) in [4.78, 5) is 23.5. The van der Waals surface area contributed by atoms with Gasteiger partial charge in [0.2, 0.25) is 0 Å². The van der Waals surface area contributed by atoms with E-state index in [4.69, 9.17) is 9.84 Å². The average molecular weight is 430 g/mol. The maximum atomic E-state index is 12.7. The quantitative estimate of drug-likeness (QED) is 0.415. The topological polar surface area (TPSA) is 75.6 Å². The lowest BCUT2D eigenvalue weighted by Gasteiger charge is -2.20. The molecule has 2 N–H and O–H groups in total. The van der Waals surface area contributed by atoms with Gasteiger partial charge in [0.25, 0.3) is 0 Å². The van der Waals surface area contributed by atoms with E-state index in [0.717, 1.165) is 5.56 Å². The number of carboxylic acid groups (broad SMARTS) is 1. The Morgan fingerprint density at radius 2 is 1.44 bits per heavy atom. The van der Waals surface area contributed by atoms with Crippen molar-refractivity contribution in [3.8, 4) is 11.1 Å². The molecule has 5 heteroatoms. The summed E-state index contributed by atoms with van der Waals surface area (Å²) in [5.74, 6) is -0.787. The van der Waals surface area contributed by atoms with E-state index in [9.17, 15) is 9.59 Å². The fourth-order valence-electron chi connectivity index (χ4n) is 4.41. The summed E-state index contributed by atoms with van der Waals surface area (Å²) in [6.07, 6.45) is 1.60. The molecule has 3 aromatic carbocycles. The molecule has 0 aliphatic heterocycles. The van der Waals surface area contributed by atoms with Gasteiger partial charge in [-0.15, -0.1) is 0 Å². The van der Waals surface area contributed by atoms with E-state index in [1.165, 1.54) is 22.3 Å². The molecule has 0 radical (unpaired) electrons. The lowest BCUT2D eigenvalue weighted by atomic mass is 9.98. The van der Waals surface area contributed by atoms with Crippen LogP contribution in [0.15, 0.2) is 78.9 Å². The molecule has 1 aliphatic rings. The third-order valence-corrected chi connectivity index (χ3v) is 5.97. The number of carbonyl (C=O) groups is 2. The number of alkyl carbamates (subject to hydrolysis) is 1. The Hall–Kier alpha value is -3.60. The minimum atomic E-state index is -0.800. The van der Waals surface area contributed by atoms with Crippen LogP contribution < -0.4 is 5.32 Å². The minimum Gasteiger partial charge on any atom is -0.481 e. The molecule has 1 amide bonds. The van der Waals surface area contributed by atoms with Crippen molar-refractivity contribution >= 4 is 12.1 Å². The summed E-state index contributed by atoms with van der Waals surface area (Å²) in [7, 11) is 0. The van der Waals surface area contributed by atoms with Crippen molar-refractivity contribution in [2.75, 3.05) is 6.61 Å². The van der Waals surface area contributed by atoms with E-state index in [2.05, 4.69) is 29.6 Å². The van der Waals surface area contributed by atoms with E-state index < -0.39 is 12.1 Å². The number of hydrogen-bond donors (Lipinski definition) is 2. The largest absolute Gasteiger partial charge is 0.481 e. The summed E-state index contributed by atoms with van der Waals surface area (Å²) in [5.41, 5.74) is 5.72. The summed E-state index contributed by atoms with van der Waals surface area (Å²) in [6, 6.07) is 26.0. The first-order valence-electron chi connectivity index (χ1n) is 11.0. The van der Waals surface area contributed by atoms with E-state index in [-0.39, 0.29) is 25.0 Å². The van der Waals surface area contributed by atoms with Crippen LogP contribution in [0, 0.1) is 0 Å². The first kappa shape index (κ1) is 21.6. The Balaban J connectivity index is 1.41. The number of nitrogens with one attached hydrogen (secondary N) is 1.